The summed E-state index contributed by atoms with van der Waals surface area (Å²) in [6, 6.07) is 4.17. The molecule has 0 fully saturated rings. The average Bonchev–Trinajstić information content (AvgIpc) is 2.31. The van der Waals surface area contributed by atoms with Crippen LogP contribution in [0.5, 0.6) is 11.5 Å². The van der Waals surface area contributed by atoms with Gasteiger partial charge in [0.15, 0.2) is 17.3 Å². The zero-order valence-electron chi connectivity index (χ0n) is 11.2. The first-order valence-electron chi connectivity index (χ1n) is 6.21. The Morgan fingerprint density at radius 1 is 1.28 bits per heavy atom. The van der Waals surface area contributed by atoms with Crippen LogP contribution in [0.25, 0.3) is 0 Å². The normalized spacial score (nSPS) is 11.2. The summed E-state index contributed by atoms with van der Waals surface area (Å²) in [5, 5.41) is 18.6. The number of rotatable bonds is 6. The number of likely N-dealkylation sites (N-methyl/N-ethyl adjacent to an activating group) is 1. The van der Waals surface area contributed by atoms with Gasteiger partial charge in [-0.05, 0) is 30.7 Å². The number of aromatic hydroxyl groups is 2. The van der Waals surface area contributed by atoms with Gasteiger partial charge in [0, 0.05) is 12.1 Å². The zero-order chi connectivity index (χ0) is 13.7. The third-order valence-electron chi connectivity index (χ3n) is 2.74. The first-order valence-corrected chi connectivity index (χ1v) is 6.21. The summed E-state index contributed by atoms with van der Waals surface area (Å²) in [4.78, 5) is 14.1. The van der Waals surface area contributed by atoms with Crippen LogP contribution in [0.15, 0.2) is 18.2 Å². The number of hydrogen-bond acceptors (Lipinski definition) is 4. The maximum atomic E-state index is 12.0. The summed E-state index contributed by atoms with van der Waals surface area (Å²) in [6.07, 6.45) is 0. The topological polar surface area (TPSA) is 60.8 Å². The number of ketones is 1. The standard InChI is InChI=1S/C14H21NO3/c1-4-15(8-10(2)3)9-14(18)11-5-6-12(16)13(17)7-11/h5-7,10,16-17H,4,8-9H2,1-3H3. The van der Waals surface area contributed by atoms with E-state index in [0.29, 0.717) is 18.0 Å². The van der Waals surface area contributed by atoms with Crippen LogP contribution in [0.4, 0.5) is 0 Å². The predicted octanol–water partition coefficient (Wildman–Crippen LogP) is 2.26. The van der Waals surface area contributed by atoms with Crippen molar-refractivity contribution in [1.29, 1.82) is 0 Å². The fourth-order valence-corrected chi connectivity index (χ4v) is 1.81. The molecular weight excluding hydrogens is 230 g/mol. The van der Waals surface area contributed by atoms with Crippen LogP contribution in [0.3, 0.4) is 0 Å². The van der Waals surface area contributed by atoms with Crippen molar-refractivity contribution in [2.75, 3.05) is 19.6 Å². The smallest absolute Gasteiger partial charge is 0.176 e. The van der Waals surface area contributed by atoms with E-state index in [1.165, 1.54) is 18.2 Å². The minimum absolute atomic E-state index is 0.0483. The minimum Gasteiger partial charge on any atom is -0.504 e. The Bertz CT molecular complexity index is 416. The van der Waals surface area contributed by atoms with Gasteiger partial charge in [-0.25, -0.2) is 0 Å². The maximum Gasteiger partial charge on any atom is 0.176 e. The van der Waals surface area contributed by atoms with Crippen LogP contribution in [-0.2, 0) is 0 Å². The van der Waals surface area contributed by atoms with Crippen LogP contribution >= 0.6 is 0 Å². The molecule has 0 aliphatic carbocycles. The second kappa shape index (κ2) is 6.40. The summed E-state index contributed by atoms with van der Waals surface area (Å²) >= 11 is 0. The molecule has 0 saturated carbocycles. The molecule has 4 heteroatoms. The highest BCUT2D eigenvalue weighted by atomic mass is 16.3. The minimum atomic E-state index is -0.257. The van der Waals surface area contributed by atoms with Crippen molar-refractivity contribution in [1.82, 2.24) is 4.90 Å². The Balaban J connectivity index is 2.71. The molecule has 0 aliphatic rings. The summed E-state index contributed by atoms with van der Waals surface area (Å²) < 4.78 is 0. The second-order valence-electron chi connectivity index (χ2n) is 4.85. The highest BCUT2D eigenvalue weighted by molar-refractivity contribution is 5.98. The van der Waals surface area contributed by atoms with E-state index in [4.69, 9.17) is 0 Å². The lowest BCUT2D eigenvalue weighted by Gasteiger charge is -2.21. The molecule has 2 N–H and O–H groups in total. The first kappa shape index (κ1) is 14.5. The summed E-state index contributed by atoms with van der Waals surface area (Å²) in [5.74, 6) is -0.00685. The second-order valence-corrected chi connectivity index (χ2v) is 4.85. The molecule has 0 aromatic heterocycles. The van der Waals surface area contributed by atoms with Crippen molar-refractivity contribution in [3.8, 4) is 11.5 Å². The van der Waals surface area contributed by atoms with Crippen molar-refractivity contribution < 1.29 is 15.0 Å². The summed E-state index contributed by atoms with van der Waals surface area (Å²) in [6.45, 7) is 8.25. The summed E-state index contributed by atoms with van der Waals surface area (Å²) in [5.41, 5.74) is 0.424. The van der Waals surface area contributed by atoms with Crippen LogP contribution in [0.2, 0.25) is 0 Å². The quantitative estimate of drug-likeness (QED) is 0.601. The molecule has 0 bridgehead atoms. The lowest BCUT2D eigenvalue weighted by molar-refractivity contribution is 0.0926. The zero-order valence-corrected chi connectivity index (χ0v) is 11.2. The fourth-order valence-electron chi connectivity index (χ4n) is 1.81. The van der Waals surface area contributed by atoms with Crippen LogP contribution in [-0.4, -0.2) is 40.5 Å². The SMILES string of the molecule is CCN(CC(=O)c1ccc(O)c(O)c1)CC(C)C. The monoisotopic (exact) mass is 251 g/mol. The molecule has 0 aliphatic heterocycles. The van der Waals surface area contributed by atoms with Crippen LogP contribution in [0.1, 0.15) is 31.1 Å². The van der Waals surface area contributed by atoms with E-state index in [1.807, 2.05) is 6.92 Å². The molecule has 1 aromatic rings. The van der Waals surface area contributed by atoms with Crippen molar-refractivity contribution >= 4 is 5.78 Å². The Kier molecular flexibility index (Phi) is 5.16. The van der Waals surface area contributed by atoms with E-state index in [1.54, 1.807) is 0 Å². The van der Waals surface area contributed by atoms with E-state index >= 15 is 0 Å². The van der Waals surface area contributed by atoms with Crippen LogP contribution < -0.4 is 0 Å². The number of carbonyl (C=O) groups excluding carboxylic acids is 1. The van der Waals surface area contributed by atoms with E-state index < -0.39 is 0 Å². The molecular formula is C14H21NO3. The molecule has 1 rings (SSSR count). The van der Waals surface area contributed by atoms with Gasteiger partial charge in [-0.1, -0.05) is 20.8 Å². The third-order valence-corrected chi connectivity index (χ3v) is 2.74. The first-order chi connectivity index (χ1) is 8.43. The highest BCUT2D eigenvalue weighted by Gasteiger charge is 2.13. The predicted molar refractivity (Wildman–Crippen MR) is 71.1 cm³/mol. The lowest BCUT2D eigenvalue weighted by atomic mass is 10.1. The van der Waals surface area contributed by atoms with Gasteiger partial charge in [0.25, 0.3) is 0 Å². The van der Waals surface area contributed by atoms with E-state index in [2.05, 4.69) is 18.7 Å². The van der Waals surface area contributed by atoms with Crippen molar-refractivity contribution in [2.24, 2.45) is 5.92 Å². The molecule has 0 unspecified atom stereocenters. The maximum absolute atomic E-state index is 12.0. The molecule has 4 nitrogen and oxygen atoms in total. The molecule has 0 spiro atoms. The van der Waals surface area contributed by atoms with E-state index in [-0.39, 0.29) is 17.3 Å². The molecule has 1 aromatic carbocycles. The van der Waals surface area contributed by atoms with Crippen molar-refractivity contribution in [3.05, 3.63) is 23.8 Å². The lowest BCUT2D eigenvalue weighted by Crippen LogP contribution is -2.32. The summed E-state index contributed by atoms with van der Waals surface area (Å²) in [7, 11) is 0. The molecule has 0 atom stereocenters. The fraction of sp³-hybridized carbons (Fsp3) is 0.500. The van der Waals surface area contributed by atoms with Gasteiger partial charge in [-0.2, -0.15) is 0 Å². The Hall–Kier alpha value is -1.55. The number of phenolic OH excluding ortho intramolecular Hbond substituents is 2. The third kappa shape index (κ3) is 4.04. The molecule has 0 heterocycles. The number of hydrogen-bond donors (Lipinski definition) is 2. The molecule has 0 radical (unpaired) electrons. The highest BCUT2D eigenvalue weighted by Crippen LogP contribution is 2.25. The number of Topliss-reactive ketones (excluding diaryl/α,β-unsaturated/α-hetero) is 1. The molecule has 18 heavy (non-hydrogen) atoms. The van der Waals surface area contributed by atoms with Crippen LogP contribution in [0, 0.1) is 5.92 Å². The molecule has 100 valence electrons. The van der Waals surface area contributed by atoms with E-state index in [0.717, 1.165) is 13.1 Å². The van der Waals surface area contributed by atoms with Gasteiger partial charge in [0.05, 0.1) is 6.54 Å². The number of benzene rings is 1. The Morgan fingerprint density at radius 2 is 1.94 bits per heavy atom. The van der Waals surface area contributed by atoms with Gasteiger partial charge in [-0.3, -0.25) is 9.69 Å². The van der Waals surface area contributed by atoms with Gasteiger partial charge >= 0.3 is 0 Å². The largest absolute Gasteiger partial charge is 0.504 e. The average molecular weight is 251 g/mol. The Labute approximate surface area is 108 Å². The van der Waals surface area contributed by atoms with Crippen molar-refractivity contribution in [2.45, 2.75) is 20.8 Å². The van der Waals surface area contributed by atoms with Gasteiger partial charge < -0.3 is 10.2 Å². The van der Waals surface area contributed by atoms with E-state index in [9.17, 15) is 15.0 Å². The number of carbonyl (C=O) groups is 1. The van der Waals surface area contributed by atoms with Crippen molar-refractivity contribution in [3.63, 3.8) is 0 Å². The van der Waals surface area contributed by atoms with Gasteiger partial charge in [0.1, 0.15) is 0 Å². The molecule has 0 saturated heterocycles. The Morgan fingerprint density at radius 3 is 2.44 bits per heavy atom. The molecule has 0 amide bonds. The number of phenols is 2. The number of nitrogens with zero attached hydrogens (tertiary/aromatic N) is 1. The van der Waals surface area contributed by atoms with Gasteiger partial charge in [-0.15, -0.1) is 0 Å². The van der Waals surface area contributed by atoms with Gasteiger partial charge in [0.2, 0.25) is 0 Å².